The Hall–Kier alpha value is -1.14. The van der Waals surface area contributed by atoms with E-state index in [1.165, 1.54) is 0 Å². The number of nitrogens with zero attached hydrogens (tertiary/aromatic N) is 2. The van der Waals surface area contributed by atoms with Gasteiger partial charge < -0.3 is 10.6 Å². The molecule has 6 heteroatoms. The number of nitrogens with one attached hydrogen (secondary N) is 2. The molecule has 1 saturated heterocycles. The lowest BCUT2D eigenvalue weighted by Crippen LogP contribution is -2.52. The molecule has 0 aliphatic carbocycles. The predicted molar refractivity (Wildman–Crippen MR) is 79.5 cm³/mol. The van der Waals surface area contributed by atoms with Gasteiger partial charge in [0.15, 0.2) is 0 Å². The molecule has 6 nitrogen and oxygen atoms in total. The molecule has 116 valence electrons. The molecule has 1 fully saturated rings. The van der Waals surface area contributed by atoms with Crippen molar-refractivity contribution in [1.82, 2.24) is 20.4 Å². The summed E-state index contributed by atoms with van der Waals surface area (Å²) in [5.74, 6) is 0.173. The molecule has 0 aromatic carbocycles. The second-order valence-electron chi connectivity index (χ2n) is 5.62. The minimum atomic E-state index is 0.0779. The maximum absolute atomic E-state index is 11.7. The summed E-state index contributed by atoms with van der Waals surface area (Å²) >= 11 is 0. The number of carbonyl (C=O) groups excluding carboxylic acids is 2. The van der Waals surface area contributed by atoms with Gasteiger partial charge in [0.25, 0.3) is 0 Å². The number of carbonyl (C=O) groups is 2. The molecule has 2 N–H and O–H groups in total. The fourth-order valence-corrected chi connectivity index (χ4v) is 2.20. The highest BCUT2D eigenvalue weighted by Gasteiger charge is 2.20. The second-order valence-corrected chi connectivity index (χ2v) is 5.62. The maximum Gasteiger partial charge on any atom is 0.234 e. The van der Waals surface area contributed by atoms with Crippen molar-refractivity contribution in [3.63, 3.8) is 0 Å². The molecule has 1 rings (SSSR count). The minimum Gasteiger partial charge on any atom is -0.355 e. The molecule has 1 heterocycles. The van der Waals surface area contributed by atoms with E-state index in [4.69, 9.17) is 0 Å². The standard InChI is InChI=1S/C14H28N4O2/c1-4-5-15-13(19)10-17-6-8-18(9-7-17)11-14(20)16-12(2)3/h12H,4-11H2,1-3H3,(H,15,19)(H,16,20). The first-order valence-electron chi connectivity index (χ1n) is 7.52. The van der Waals surface area contributed by atoms with E-state index in [0.717, 1.165) is 39.1 Å². The number of hydrogen-bond acceptors (Lipinski definition) is 4. The molecule has 0 aromatic rings. The van der Waals surface area contributed by atoms with Crippen LogP contribution < -0.4 is 10.6 Å². The van der Waals surface area contributed by atoms with Crippen LogP contribution in [0.1, 0.15) is 27.2 Å². The average molecular weight is 284 g/mol. The van der Waals surface area contributed by atoms with E-state index in [0.29, 0.717) is 13.1 Å². The Bertz CT molecular complexity index is 312. The lowest BCUT2D eigenvalue weighted by Gasteiger charge is -2.33. The maximum atomic E-state index is 11.7. The summed E-state index contributed by atoms with van der Waals surface area (Å²) in [7, 11) is 0. The van der Waals surface area contributed by atoms with Gasteiger partial charge in [-0.1, -0.05) is 6.92 Å². The summed E-state index contributed by atoms with van der Waals surface area (Å²) in [4.78, 5) is 27.6. The third kappa shape index (κ3) is 6.86. The van der Waals surface area contributed by atoms with E-state index in [1.807, 2.05) is 20.8 Å². The summed E-state index contributed by atoms with van der Waals surface area (Å²) in [6.07, 6.45) is 0.963. The molecule has 0 aromatic heterocycles. The van der Waals surface area contributed by atoms with Gasteiger partial charge in [-0.05, 0) is 20.3 Å². The summed E-state index contributed by atoms with van der Waals surface area (Å²) in [5, 5.41) is 5.78. The Morgan fingerprint density at radius 3 is 1.95 bits per heavy atom. The van der Waals surface area contributed by atoms with Crippen molar-refractivity contribution >= 4 is 11.8 Å². The Kier molecular flexibility index (Phi) is 7.54. The van der Waals surface area contributed by atoms with Gasteiger partial charge in [-0.3, -0.25) is 19.4 Å². The highest BCUT2D eigenvalue weighted by atomic mass is 16.2. The smallest absolute Gasteiger partial charge is 0.234 e. The number of hydrogen-bond donors (Lipinski definition) is 2. The van der Waals surface area contributed by atoms with Crippen molar-refractivity contribution in [3.05, 3.63) is 0 Å². The van der Waals surface area contributed by atoms with Gasteiger partial charge in [0.2, 0.25) is 11.8 Å². The second kappa shape index (κ2) is 8.92. The van der Waals surface area contributed by atoms with Crippen LogP contribution >= 0.6 is 0 Å². The minimum absolute atomic E-state index is 0.0779. The highest BCUT2D eigenvalue weighted by molar-refractivity contribution is 5.78. The normalized spacial score (nSPS) is 17.2. The van der Waals surface area contributed by atoms with E-state index in [2.05, 4.69) is 20.4 Å². The van der Waals surface area contributed by atoms with Crippen molar-refractivity contribution in [3.8, 4) is 0 Å². The molecule has 0 bridgehead atoms. The van der Waals surface area contributed by atoms with Crippen LogP contribution in [0.2, 0.25) is 0 Å². The van der Waals surface area contributed by atoms with Crippen molar-refractivity contribution in [2.24, 2.45) is 0 Å². The zero-order valence-electron chi connectivity index (χ0n) is 12.9. The van der Waals surface area contributed by atoms with Crippen LogP contribution in [-0.2, 0) is 9.59 Å². The lowest BCUT2D eigenvalue weighted by atomic mass is 10.3. The van der Waals surface area contributed by atoms with Crippen LogP contribution in [0.25, 0.3) is 0 Å². The van der Waals surface area contributed by atoms with Gasteiger partial charge in [-0.25, -0.2) is 0 Å². The fourth-order valence-electron chi connectivity index (χ4n) is 2.20. The first-order valence-corrected chi connectivity index (χ1v) is 7.52. The van der Waals surface area contributed by atoms with Gasteiger partial charge in [-0.2, -0.15) is 0 Å². The van der Waals surface area contributed by atoms with Crippen LogP contribution in [0.4, 0.5) is 0 Å². The SMILES string of the molecule is CCCNC(=O)CN1CCN(CC(=O)NC(C)C)CC1. The van der Waals surface area contributed by atoms with Gasteiger partial charge in [0.1, 0.15) is 0 Å². The monoisotopic (exact) mass is 284 g/mol. The summed E-state index contributed by atoms with van der Waals surface area (Å²) < 4.78 is 0. The molecule has 0 spiro atoms. The van der Waals surface area contributed by atoms with Gasteiger partial charge in [0.05, 0.1) is 13.1 Å². The molecule has 20 heavy (non-hydrogen) atoms. The molecule has 0 atom stereocenters. The molecular weight excluding hydrogens is 256 g/mol. The topological polar surface area (TPSA) is 64.7 Å². The largest absolute Gasteiger partial charge is 0.355 e. The predicted octanol–water partition coefficient (Wildman–Crippen LogP) is -0.345. The van der Waals surface area contributed by atoms with Crippen LogP contribution in [0.3, 0.4) is 0 Å². The first kappa shape index (κ1) is 16.9. The molecule has 1 aliphatic heterocycles. The van der Waals surface area contributed by atoms with Crippen LogP contribution in [0.5, 0.6) is 0 Å². The zero-order chi connectivity index (χ0) is 15.0. The van der Waals surface area contributed by atoms with Crippen molar-refractivity contribution < 1.29 is 9.59 Å². The lowest BCUT2D eigenvalue weighted by molar-refractivity contribution is -0.125. The van der Waals surface area contributed by atoms with Crippen molar-refractivity contribution in [2.75, 3.05) is 45.8 Å². The third-order valence-corrected chi connectivity index (χ3v) is 3.22. The van der Waals surface area contributed by atoms with Crippen LogP contribution in [0, 0.1) is 0 Å². The van der Waals surface area contributed by atoms with Gasteiger partial charge in [-0.15, -0.1) is 0 Å². The molecule has 2 amide bonds. The average Bonchev–Trinajstić information content (AvgIpc) is 2.37. The Morgan fingerprint density at radius 1 is 1.00 bits per heavy atom. The van der Waals surface area contributed by atoms with Crippen LogP contribution in [0.15, 0.2) is 0 Å². The zero-order valence-corrected chi connectivity index (χ0v) is 12.9. The number of rotatable bonds is 7. The quantitative estimate of drug-likeness (QED) is 0.671. The van der Waals surface area contributed by atoms with Gasteiger partial charge in [0, 0.05) is 38.8 Å². The van der Waals surface area contributed by atoms with E-state index < -0.39 is 0 Å². The summed E-state index contributed by atoms with van der Waals surface area (Å²) in [5.41, 5.74) is 0. The number of piperazine rings is 1. The van der Waals surface area contributed by atoms with E-state index >= 15 is 0 Å². The summed E-state index contributed by atoms with van der Waals surface area (Å²) in [6, 6.07) is 0.186. The highest BCUT2D eigenvalue weighted by Crippen LogP contribution is 2.01. The van der Waals surface area contributed by atoms with Crippen molar-refractivity contribution in [2.45, 2.75) is 33.2 Å². The first-order chi connectivity index (χ1) is 9.51. The summed E-state index contributed by atoms with van der Waals surface area (Å²) in [6.45, 7) is 11.0. The van der Waals surface area contributed by atoms with Crippen molar-refractivity contribution in [1.29, 1.82) is 0 Å². The molecular formula is C14H28N4O2. The Balaban J connectivity index is 2.19. The molecule has 0 unspecified atom stereocenters. The molecule has 1 aliphatic rings. The van der Waals surface area contributed by atoms with Gasteiger partial charge >= 0.3 is 0 Å². The third-order valence-electron chi connectivity index (χ3n) is 3.22. The number of amides is 2. The van der Waals surface area contributed by atoms with E-state index in [-0.39, 0.29) is 17.9 Å². The fraction of sp³-hybridized carbons (Fsp3) is 0.857. The Morgan fingerprint density at radius 2 is 1.50 bits per heavy atom. The Labute approximate surface area is 121 Å². The van der Waals surface area contributed by atoms with Crippen LogP contribution in [-0.4, -0.2) is 73.5 Å². The van der Waals surface area contributed by atoms with E-state index in [1.54, 1.807) is 0 Å². The molecule has 0 saturated carbocycles. The van der Waals surface area contributed by atoms with E-state index in [9.17, 15) is 9.59 Å². The molecule has 0 radical (unpaired) electrons.